The number of aromatic amines is 1. The average Bonchev–Trinajstić information content (AvgIpc) is 3.74. The monoisotopic (exact) mass is 1050 g/mol. The van der Waals surface area contributed by atoms with Crippen molar-refractivity contribution >= 4 is 70.0 Å². The summed E-state index contributed by atoms with van der Waals surface area (Å²) in [7, 11) is 0. The van der Waals surface area contributed by atoms with Gasteiger partial charge in [-0.25, -0.2) is 14.4 Å². The van der Waals surface area contributed by atoms with Crippen molar-refractivity contribution in [1.82, 2.24) is 31.6 Å². The van der Waals surface area contributed by atoms with Crippen molar-refractivity contribution in [2.45, 2.75) is 112 Å². The number of ketones is 2. The van der Waals surface area contributed by atoms with Crippen molar-refractivity contribution in [1.29, 1.82) is 0 Å². The summed E-state index contributed by atoms with van der Waals surface area (Å²) in [5.74, 6) is -11.8. The first-order chi connectivity index (χ1) is 34.9. The topological polar surface area (TPSA) is 388 Å². The molecule has 4 amide bonds. The van der Waals surface area contributed by atoms with Crippen molar-refractivity contribution in [3.05, 3.63) is 88.6 Å². The Morgan fingerprint density at radius 3 is 1.47 bits per heavy atom. The molecule has 0 fully saturated rings. The van der Waals surface area contributed by atoms with Crippen LogP contribution in [0.1, 0.15) is 123 Å². The van der Waals surface area contributed by atoms with Gasteiger partial charge in [0, 0.05) is 52.5 Å². The van der Waals surface area contributed by atoms with Crippen LogP contribution < -0.4 is 26.6 Å². The zero-order chi connectivity index (χ0) is 57.2. The van der Waals surface area contributed by atoms with E-state index in [1.54, 1.807) is 61.6 Å². The van der Waals surface area contributed by atoms with E-state index in [4.69, 9.17) is 25.5 Å². The first kappa shape index (κ1) is 62.8. The SMILES string of the molecule is CC(C)C(=O)c1cc(C(=O)O)cc(C(=O)O)c1.CC(C)C(=O)c1cc(O)c(O)c(O)c1.CC(C)NCC(=O)N[C@@H](Cc1c[nH]c2ccccc12)C(=O)N[C@@H](C(=O)N[C@@H](CC(=O)O)C(=O)N[C@@H](C(=O)O)C(C)C)C(C)C. The van der Waals surface area contributed by atoms with Crippen LogP contribution in [0.4, 0.5) is 0 Å². The van der Waals surface area contributed by atoms with Crippen LogP contribution in [0.25, 0.3) is 10.9 Å². The minimum absolute atomic E-state index is 0.0259. The number of rotatable bonds is 23. The number of aromatic nitrogens is 1. The van der Waals surface area contributed by atoms with Crippen molar-refractivity contribution in [2.75, 3.05) is 6.54 Å². The molecule has 0 spiro atoms. The van der Waals surface area contributed by atoms with Gasteiger partial charge in [-0.2, -0.15) is 0 Å². The van der Waals surface area contributed by atoms with Crippen LogP contribution >= 0.6 is 0 Å². The Hall–Kier alpha value is -8.34. The second-order valence-electron chi connectivity index (χ2n) is 19.0. The Morgan fingerprint density at radius 1 is 0.547 bits per heavy atom. The summed E-state index contributed by atoms with van der Waals surface area (Å²) in [6.45, 7) is 16.9. The standard InChI is InChI=1S/C30H44N6O8.C12H12O5.C10H12O4/c1-15(2)25(29(42)34-22(12-24(38)39)28(41)36-26(16(3)4)30(43)44)35-27(40)21(33-23(37)14-31-17(5)6)11-18-13-32-20-10-8-7-9-19(18)20;1-6(2)10(13)7-3-8(11(14)15)5-9(4-7)12(16)17;1-5(2)9(13)6-3-7(11)10(14)8(12)4-6/h7-10,13,15-17,21-22,25-26,31-32H,11-12,14H2,1-6H3,(H,33,37)(H,34,42)(H,35,40)(H,36,41)(H,38,39)(H,43,44);3-6H,1-2H3,(H,14,15)(H,16,17);3-5,11-12,14H,1-2H3/t21-,22-,25+,26+;;/m0../s1. The van der Waals surface area contributed by atoms with Gasteiger partial charge in [0.2, 0.25) is 23.6 Å². The van der Waals surface area contributed by atoms with E-state index in [1.165, 1.54) is 12.1 Å². The number of carbonyl (C=O) groups excluding carboxylic acids is 6. The third-order valence-electron chi connectivity index (χ3n) is 11.0. The summed E-state index contributed by atoms with van der Waals surface area (Å²) < 4.78 is 0. The molecule has 13 N–H and O–H groups in total. The third-order valence-corrected chi connectivity index (χ3v) is 11.0. The molecule has 0 bridgehead atoms. The van der Waals surface area contributed by atoms with Gasteiger partial charge in [-0.3, -0.25) is 33.6 Å². The summed E-state index contributed by atoms with van der Waals surface area (Å²) in [5.41, 5.74) is 1.51. The Balaban J connectivity index is 0.000000500. The van der Waals surface area contributed by atoms with Gasteiger partial charge in [0.1, 0.15) is 24.2 Å². The molecule has 0 aliphatic carbocycles. The maximum absolute atomic E-state index is 13.6. The van der Waals surface area contributed by atoms with Crippen LogP contribution in [0.15, 0.2) is 60.8 Å². The van der Waals surface area contributed by atoms with Gasteiger partial charge < -0.3 is 67.3 Å². The van der Waals surface area contributed by atoms with E-state index in [-0.39, 0.29) is 64.7 Å². The average molecular weight is 1050 g/mol. The number of hydrogen-bond acceptors (Lipinski definition) is 14. The Bertz CT molecular complexity index is 2670. The van der Waals surface area contributed by atoms with E-state index in [2.05, 4.69) is 31.6 Å². The Morgan fingerprint density at radius 2 is 1.01 bits per heavy atom. The minimum Gasteiger partial charge on any atom is -0.504 e. The second kappa shape index (κ2) is 28.8. The highest BCUT2D eigenvalue weighted by Crippen LogP contribution is 2.36. The van der Waals surface area contributed by atoms with E-state index in [0.717, 1.165) is 34.7 Å². The number of phenolic OH excluding ortho intramolecular Hbond substituents is 3. The lowest BCUT2D eigenvalue weighted by Crippen LogP contribution is -2.60. The number of benzene rings is 3. The number of para-hydroxylation sites is 1. The summed E-state index contributed by atoms with van der Waals surface area (Å²) in [4.78, 5) is 124. The third kappa shape index (κ3) is 19.6. The number of H-pyrrole nitrogens is 1. The number of aromatic hydroxyl groups is 3. The predicted molar refractivity (Wildman–Crippen MR) is 273 cm³/mol. The van der Waals surface area contributed by atoms with Crippen molar-refractivity contribution in [3.63, 3.8) is 0 Å². The normalized spacial score (nSPS) is 12.6. The lowest BCUT2D eigenvalue weighted by atomic mass is 9.97. The molecule has 408 valence electrons. The fourth-order valence-electron chi connectivity index (χ4n) is 6.90. The molecule has 3 aromatic carbocycles. The van der Waals surface area contributed by atoms with E-state index >= 15 is 0 Å². The van der Waals surface area contributed by atoms with Gasteiger partial charge in [-0.15, -0.1) is 0 Å². The largest absolute Gasteiger partial charge is 0.504 e. The molecule has 0 radical (unpaired) electrons. The number of Topliss-reactive ketones (excluding diaryl/α,β-unsaturated/α-hetero) is 2. The Labute approximate surface area is 432 Å². The molecule has 1 heterocycles. The molecule has 4 aromatic rings. The molecule has 1 aromatic heterocycles. The fraction of sp³-hybridized carbons (Fsp3) is 0.423. The van der Waals surface area contributed by atoms with E-state index < -0.39 is 107 Å². The number of carboxylic acids is 4. The van der Waals surface area contributed by atoms with E-state index in [0.29, 0.717) is 0 Å². The van der Waals surface area contributed by atoms with Crippen LogP contribution in [-0.2, 0) is 35.2 Å². The molecule has 0 unspecified atom stereocenters. The van der Waals surface area contributed by atoms with E-state index in [1.807, 2.05) is 38.1 Å². The zero-order valence-corrected chi connectivity index (χ0v) is 43.3. The summed E-state index contributed by atoms with van der Waals surface area (Å²) >= 11 is 0. The molecule has 23 nitrogen and oxygen atoms in total. The van der Waals surface area contributed by atoms with Crippen LogP contribution in [-0.4, -0.2) is 137 Å². The zero-order valence-electron chi connectivity index (χ0n) is 43.3. The highest BCUT2D eigenvalue weighted by atomic mass is 16.4. The number of phenols is 3. The molecule has 4 rings (SSSR count). The number of carbonyl (C=O) groups is 10. The summed E-state index contributed by atoms with van der Waals surface area (Å²) in [6, 6.07) is 7.96. The van der Waals surface area contributed by atoms with Gasteiger partial charge in [0.05, 0.1) is 24.1 Å². The highest BCUT2D eigenvalue weighted by Gasteiger charge is 2.34. The molecule has 4 atom stereocenters. The van der Waals surface area contributed by atoms with Crippen LogP contribution in [0, 0.1) is 23.7 Å². The molecule has 0 saturated heterocycles. The maximum Gasteiger partial charge on any atom is 0.335 e. The molecular weight excluding hydrogens is 981 g/mol. The lowest BCUT2D eigenvalue weighted by molar-refractivity contribution is -0.144. The number of nitrogens with one attached hydrogen (secondary N) is 6. The molecule has 75 heavy (non-hydrogen) atoms. The van der Waals surface area contributed by atoms with Crippen molar-refractivity contribution in [2.24, 2.45) is 23.7 Å². The minimum atomic E-state index is -1.61. The number of carboxylic acid groups (broad SMARTS) is 4. The lowest BCUT2D eigenvalue weighted by Gasteiger charge is -2.28. The molecular formula is C52H68N6O17. The fourth-order valence-corrected chi connectivity index (χ4v) is 6.90. The molecule has 0 saturated carbocycles. The number of hydrogen-bond donors (Lipinski definition) is 13. The first-order valence-corrected chi connectivity index (χ1v) is 23.7. The molecule has 0 aliphatic heterocycles. The van der Waals surface area contributed by atoms with Gasteiger partial charge in [0.25, 0.3) is 0 Å². The number of aromatic carboxylic acids is 2. The van der Waals surface area contributed by atoms with Crippen LogP contribution in [0.2, 0.25) is 0 Å². The highest BCUT2D eigenvalue weighted by molar-refractivity contribution is 6.03. The first-order valence-electron chi connectivity index (χ1n) is 23.7. The van der Waals surface area contributed by atoms with Crippen LogP contribution in [0.5, 0.6) is 17.2 Å². The smallest absolute Gasteiger partial charge is 0.335 e. The maximum atomic E-state index is 13.6. The Kier molecular flexibility index (Phi) is 24.1. The van der Waals surface area contributed by atoms with Crippen LogP contribution in [0.3, 0.4) is 0 Å². The molecule has 0 aliphatic rings. The number of fused-ring (bicyclic) bond motifs is 1. The van der Waals surface area contributed by atoms with E-state index in [9.17, 15) is 58.2 Å². The summed E-state index contributed by atoms with van der Waals surface area (Å²) in [5, 5.41) is 77.7. The van der Waals surface area contributed by atoms with Gasteiger partial charge in [-0.05, 0) is 53.8 Å². The summed E-state index contributed by atoms with van der Waals surface area (Å²) in [6.07, 6.45) is 1.03. The second-order valence-corrected chi connectivity index (χ2v) is 19.0. The molecule has 23 heteroatoms. The number of amides is 4. The van der Waals surface area contributed by atoms with Crippen molar-refractivity contribution in [3.8, 4) is 17.2 Å². The predicted octanol–water partition coefficient (Wildman–Crippen LogP) is 4.08. The number of aliphatic carboxylic acids is 2. The van der Waals surface area contributed by atoms with Gasteiger partial charge in [-0.1, -0.05) is 87.4 Å². The van der Waals surface area contributed by atoms with Gasteiger partial charge >= 0.3 is 23.9 Å². The van der Waals surface area contributed by atoms with Crippen molar-refractivity contribution < 1.29 is 83.7 Å². The van der Waals surface area contributed by atoms with Gasteiger partial charge in [0.15, 0.2) is 28.8 Å². The quantitative estimate of drug-likeness (QED) is 0.0367.